The number of benzene rings is 1. The second kappa shape index (κ2) is 8.08. The fraction of sp³-hybridized carbons (Fsp3) is 0.409. The first kappa shape index (κ1) is 19.8. The zero-order valence-electron chi connectivity index (χ0n) is 17.5. The highest BCUT2D eigenvalue weighted by molar-refractivity contribution is 7.16. The lowest BCUT2D eigenvalue weighted by molar-refractivity contribution is 0.0668. The zero-order chi connectivity index (χ0) is 20.5. The number of hydrogen-bond donors (Lipinski definition) is 0. The summed E-state index contributed by atoms with van der Waals surface area (Å²) in [5, 5.41) is 5.51. The van der Waals surface area contributed by atoms with Gasteiger partial charge in [0.05, 0.1) is 11.4 Å². The molecule has 152 valence electrons. The normalized spacial score (nSPS) is 15.1. The van der Waals surface area contributed by atoms with E-state index in [0.717, 1.165) is 59.7 Å². The van der Waals surface area contributed by atoms with E-state index in [2.05, 4.69) is 43.1 Å². The highest BCUT2D eigenvalue weighted by Gasteiger charge is 2.25. The molecule has 0 radical (unpaired) electrons. The Hall–Kier alpha value is -2.51. The molecule has 0 aliphatic carbocycles. The number of aromatic nitrogens is 3. The molecule has 0 saturated carbocycles. The Balaban J connectivity index is 1.60. The van der Waals surface area contributed by atoms with Crippen molar-refractivity contribution in [1.82, 2.24) is 24.6 Å². The molecule has 29 heavy (non-hydrogen) atoms. The van der Waals surface area contributed by atoms with E-state index in [1.807, 2.05) is 29.5 Å². The zero-order valence-corrected chi connectivity index (χ0v) is 18.3. The molecule has 1 amide bonds. The van der Waals surface area contributed by atoms with Crippen LogP contribution in [-0.4, -0.2) is 63.7 Å². The SMILES string of the molecule is Cc1nc(-n2nc(C)c(Cc3ccccc3)c2C)sc1C(=O)N1CCN(C)CC1. The third-order valence-corrected chi connectivity index (χ3v) is 6.74. The number of piperazine rings is 1. The molecule has 1 aromatic carbocycles. The van der Waals surface area contributed by atoms with Gasteiger partial charge in [0.2, 0.25) is 5.13 Å². The summed E-state index contributed by atoms with van der Waals surface area (Å²) < 4.78 is 1.89. The van der Waals surface area contributed by atoms with Gasteiger partial charge in [-0.2, -0.15) is 5.10 Å². The third kappa shape index (κ3) is 3.97. The summed E-state index contributed by atoms with van der Waals surface area (Å²) in [6, 6.07) is 10.4. The van der Waals surface area contributed by atoms with Crippen molar-refractivity contribution < 1.29 is 4.79 Å². The topological polar surface area (TPSA) is 54.3 Å². The van der Waals surface area contributed by atoms with E-state index in [1.54, 1.807) is 0 Å². The molecule has 0 N–H and O–H groups in total. The Morgan fingerprint density at radius 3 is 2.41 bits per heavy atom. The summed E-state index contributed by atoms with van der Waals surface area (Å²) >= 11 is 1.44. The van der Waals surface area contributed by atoms with Gasteiger partial charge in [0.25, 0.3) is 5.91 Å². The molecule has 1 aliphatic heterocycles. The van der Waals surface area contributed by atoms with E-state index in [1.165, 1.54) is 22.5 Å². The molecule has 7 heteroatoms. The minimum absolute atomic E-state index is 0.0883. The van der Waals surface area contributed by atoms with E-state index in [-0.39, 0.29) is 5.91 Å². The summed E-state index contributed by atoms with van der Waals surface area (Å²) in [4.78, 5) is 22.6. The molecule has 0 unspecified atom stereocenters. The highest BCUT2D eigenvalue weighted by atomic mass is 32.1. The molecule has 1 saturated heterocycles. The molecule has 0 spiro atoms. The van der Waals surface area contributed by atoms with Crippen LogP contribution in [0.4, 0.5) is 0 Å². The molecule has 0 bridgehead atoms. The van der Waals surface area contributed by atoms with Gasteiger partial charge >= 0.3 is 0 Å². The summed E-state index contributed by atoms with van der Waals surface area (Å²) in [5.74, 6) is 0.0883. The molecule has 6 nitrogen and oxygen atoms in total. The van der Waals surface area contributed by atoms with Crippen molar-refractivity contribution in [3.63, 3.8) is 0 Å². The number of likely N-dealkylation sites (N-methyl/N-ethyl adjacent to an activating group) is 1. The number of carbonyl (C=O) groups excluding carboxylic acids is 1. The first-order valence-corrected chi connectivity index (χ1v) is 10.8. The van der Waals surface area contributed by atoms with Crippen molar-refractivity contribution in [2.24, 2.45) is 0 Å². The lowest BCUT2D eigenvalue weighted by atomic mass is 10.0. The van der Waals surface area contributed by atoms with Crippen LogP contribution in [0.3, 0.4) is 0 Å². The summed E-state index contributed by atoms with van der Waals surface area (Å²) in [7, 11) is 2.09. The second-order valence-corrected chi connectivity index (χ2v) is 8.71. The summed E-state index contributed by atoms with van der Waals surface area (Å²) in [6.45, 7) is 9.40. The fourth-order valence-electron chi connectivity index (χ4n) is 3.74. The standard InChI is InChI=1S/C22H27N5OS/c1-15-19(14-18-8-6-5-7-9-18)17(3)27(24-15)22-23-16(2)20(29-22)21(28)26-12-10-25(4)11-13-26/h5-9H,10-14H2,1-4H3. The summed E-state index contributed by atoms with van der Waals surface area (Å²) in [6.07, 6.45) is 0.843. The lowest BCUT2D eigenvalue weighted by Gasteiger charge is -2.32. The molecular weight excluding hydrogens is 382 g/mol. The smallest absolute Gasteiger partial charge is 0.266 e. The van der Waals surface area contributed by atoms with E-state index >= 15 is 0 Å². The van der Waals surface area contributed by atoms with Crippen molar-refractivity contribution >= 4 is 17.2 Å². The molecule has 4 rings (SSSR count). The molecule has 1 aliphatic rings. The van der Waals surface area contributed by atoms with Crippen LogP contribution >= 0.6 is 11.3 Å². The highest BCUT2D eigenvalue weighted by Crippen LogP contribution is 2.27. The molecule has 1 fully saturated rings. The maximum absolute atomic E-state index is 13.0. The predicted octanol–water partition coefficient (Wildman–Crippen LogP) is 3.23. The van der Waals surface area contributed by atoms with E-state index in [9.17, 15) is 4.79 Å². The van der Waals surface area contributed by atoms with Crippen LogP contribution in [0.25, 0.3) is 5.13 Å². The van der Waals surface area contributed by atoms with Crippen molar-refractivity contribution in [2.45, 2.75) is 27.2 Å². The number of amides is 1. The molecular formula is C22H27N5OS. The van der Waals surface area contributed by atoms with Crippen LogP contribution in [0, 0.1) is 20.8 Å². The number of nitrogens with zero attached hydrogens (tertiary/aromatic N) is 5. The Morgan fingerprint density at radius 2 is 1.72 bits per heavy atom. The van der Waals surface area contributed by atoms with Gasteiger partial charge in [0, 0.05) is 43.9 Å². The second-order valence-electron chi connectivity index (χ2n) is 7.73. The van der Waals surface area contributed by atoms with Gasteiger partial charge in [-0.1, -0.05) is 41.7 Å². The predicted molar refractivity (Wildman–Crippen MR) is 116 cm³/mol. The molecule has 2 aromatic heterocycles. The van der Waals surface area contributed by atoms with Gasteiger partial charge in [0.15, 0.2) is 0 Å². The van der Waals surface area contributed by atoms with Crippen LogP contribution in [0.15, 0.2) is 30.3 Å². The van der Waals surface area contributed by atoms with Gasteiger partial charge < -0.3 is 9.80 Å². The minimum Gasteiger partial charge on any atom is -0.335 e. The number of aryl methyl sites for hydroxylation is 2. The molecule has 0 atom stereocenters. The van der Waals surface area contributed by atoms with Gasteiger partial charge in [-0.05, 0) is 33.4 Å². The molecule has 3 heterocycles. The quantitative estimate of drug-likeness (QED) is 0.664. The van der Waals surface area contributed by atoms with Crippen LogP contribution in [0.5, 0.6) is 0 Å². The maximum atomic E-state index is 13.0. The van der Waals surface area contributed by atoms with Crippen molar-refractivity contribution in [3.8, 4) is 5.13 Å². The van der Waals surface area contributed by atoms with Crippen LogP contribution in [-0.2, 0) is 6.42 Å². The number of carbonyl (C=O) groups is 1. The summed E-state index contributed by atoms with van der Waals surface area (Å²) in [5.41, 5.74) is 5.35. The van der Waals surface area contributed by atoms with Crippen molar-refractivity contribution in [2.75, 3.05) is 33.2 Å². The largest absolute Gasteiger partial charge is 0.335 e. The average molecular weight is 410 g/mol. The first-order chi connectivity index (χ1) is 13.9. The van der Waals surface area contributed by atoms with Crippen LogP contribution in [0.2, 0.25) is 0 Å². The minimum atomic E-state index is 0.0883. The third-order valence-electron chi connectivity index (χ3n) is 5.62. The first-order valence-electron chi connectivity index (χ1n) is 9.98. The molecule has 3 aromatic rings. The Kier molecular flexibility index (Phi) is 5.52. The average Bonchev–Trinajstić information content (AvgIpc) is 3.23. The lowest BCUT2D eigenvalue weighted by Crippen LogP contribution is -2.47. The van der Waals surface area contributed by atoms with Crippen molar-refractivity contribution in [1.29, 1.82) is 0 Å². The number of rotatable bonds is 4. The van der Waals surface area contributed by atoms with E-state index in [0.29, 0.717) is 0 Å². The van der Waals surface area contributed by atoms with Gasteiger partial charge in [-0.3, -0.25) is 4.79 Å². The maximum Gasteiger partial charge on any atom is 0.266 e. The van der Waals surface area contributed by atoms with Crippen LogP contribution < -0.4 is 0 Å². The number of hydrogen-bond acceptors (Lipinski definition) is 5. The van der Waals surface area contributed by atoms with Gasteiger partial charge in [-0.25, -0.2) is 9.67 Å². The van der Waals surface area contributed by atoms with E-state index in [4.69, 9.17) is 10.1 Å². The Morgan fingerprint density at radius 1 is 1.03 bits per heavy atom. The monoisotopic (exact) mass is 409 g/mol. The Bertz CT molecular complexity index is 1020. The van der Waals surface area contributed by atoms with Crippen LogP contribution in [0.1, 0.15) is 37.9 Å². The number of thiazole rings is 1. The van der Waals surface area contributed by atoms with Crippen molar-refractivity contribution in [3.05, 3.63) is 63.4 Å². The fourth-order valence-corrected chi connectivity index (χ4v) is 4.78. The van der Waals surface area contributed by atoms with Gasteiger partial charge in [0.1, 0.15) is 4.88 Å². The van der Waals surface area contributed by atoms with E-state index < -0.39 is 0 Å². The van der Waals surface area contributed by atoms with Gasteiger partial charge in [-0.15, -0.1) is 0 Å². The Labute approximate surface area is 175 Å².